The minimum Gasteiger partial charge on any atom is -0.434 e. The summed E-state index contributed by atoms with van der Waals surface area (Å²) in [5.41, 5.74) is 0.525. The van der Waals surface area contributed by atoms with Crippen molar-refractivity contribution in [2.24, 2.45) is 5.92 Å². The second kappa shape index (κ2) is 8.47. The maximum atomic E-state index is 12.2. The molecule has 20 heavy (non-hydrogen) atoms. The van der Waals surface area contributed by atoms with Crippen LogP contribution in [0.5, 0.6) is 5.75 Å². The molecule has 112 valence electrons. The zero-order valence-corrected chi connectivity index (χ0v) is 11.7. The lowest BCUT2D eigenvalue weighted by atomic mass is 10.1. The van der Waals surface area contributed by atoms with Gasteiger partial charge in [0.1, 0.15) is 5.75 Å². The van der Waals surface area contributed by atoms with E-state index in [0.717, 1.165) is 6.54 Å². The molecule has 0 aliphatic heterocycles. The van der Waals surface area contributed by atoms with E-state index in [0.29, 0.717) is 12.1 Å². The molecular formula is C14H20F2N2O2. The number of carbonyl (C=O) groups is 1. The van der Waals surface area contributed by atoms with Crippen molar-refractivity contribution in [3.05, 3.63) is 29.8 Å². The zero-order chi connectivity index (χ0) is 15.0. The summed E-state index contributed by atoms with van der Waals surface area (Å²) < 4.78 is 28.9. The second-order valence-electron chi connectivity index (χ2n) is 4.41. The molecule has 0 fully saturated rings. The summed E-state index contributed by atoms with van der Waals surface area (Å²) >= 11 is 0. The first-order valence-electron chi connectivity index (χ1n) is 6.55. The highest BCUT2D eigenvalue weighted by molar-refractivity contribution is 5.78. The highest BCUT2D eigenvalue weighted by atomic mass is 19.3. The Morgan fingerprint density at radius 2 is 2.05 bits per heavy atom. The number of nitrogens with one attached hydrogen (secondary N) is 2. The summed E-state index contributed by atoms with van der Waals surface area (Å²) in [5, 5.41) is 5.80. The highest BCUT2D eigenvalue weighted by Crippen LogP contribution is 2.19. The van der Waals surface area contributed by atoms with Crippen molar-refractivity contribution in [2.75, 3.05) is 13.1 Å². The van der Waals surface area contributed by atoms with E-state index >= 15 is 0 Å². The van der Waals surface area contributed by atoms with Gasteiger partial charge in [0.2, 0.25) is 5.91 Å². The van der Waals surface area contributed by atoms with Crippen molar-refractivity contribution in [2.45, 2.75) is 27.0 Å². The van der Waals surface area contributed by atoms with Crippen molar-refractivity contribution >= 4 is 5.91 Å². The summed E-state index contributed by atoms with van der Waals surface area (Å²) in [7, 11) is 0. The van der Waals surface area contributed by atoms with Crippen LogP contribution in [0.15, 0.2) is 24.3 Å². The molecule has 0 saturated heterocycles. The van der Waals surface area contributed by atoms with Gasteiger partial charge in [-0.15, -0.1) is 0 Å². The van der Waals surface area contributed by atoms with Gasteiger partial charge < -0.3 is 15.4 Å². The molecule has 0 radical (unpaired) electrons. The van der Waals surface area contributed by atoms with Gasteiger partial charge in [0.15, 0.2) is 0 Å². The van der Waals surface area contributed by atoms with E-state index in [4.69, 9.17) is 0 Å². The van der Waals surface area contributed by atoms with E-state index < -0.39 is 6.61 Å². The molecule has 6 heteroatoms. The molecule has 0 saturated carbocycles. The molecule has 4 nitrogen and oxygen atoms in total. The lowest BCUT2D eigenvalue weighted by Crippen LogP contribution is -2.35. The van der Waals surface area contributed by atoms with Crippen molar-refractivity contribution in [1.29, 1.82) is 0 Å². The smallest absolute Gasteiger partial charge is 0.387 e. The summed E-state index contributed by atoms with van der Waals surface area (Å²) in [5.74, 6) is -0.224. The average molecular weight is 286 g/mol. The molecule has 0 heterocycles. The number of ether oxygens (including phenoxy) is 1. The van der Waals surface area contributed by atoms with Crippen molar-refractivity contribution in [3.63, 3.8) is 0 Å². The van der Waals surface area contributed by atoms with E-state index in [1.165, 1.54) is 6.07 Å². The molecule has 1 aromatic carbocycles. The Morgan fingerprint density at radius 1 is 1.35 bits per heavy atom. The van der Waals surface area contributed by atoms with Crippen LogP contribution in [-0.2, 0) is 11.3 Å². The Kier molecular flexibility index (Phi) is 6.93. The van der Waals surface area contributed by atoms with Crippen LogP contribution in [0, 0.1) is 5.92 Å². The Labute approximate surface area is 117 Å². The van der Waals surface area contributed by atoms with Gasteiger partial charge in [-0.1, -0.05) is 32.0 Å². The molecule has 1 atom stereocenters. The van der Waals surface area contributed by atoms with Gasteiger partial charge in [-0.25, -0.2) is 0 Å². The van der Waals surface area contributed by atoms with Crippen LogP contribution >= 0.6 is 0 Å². The minimum absolute atomic E-state index is 0.0853. The number of amides is 1. The quantitative estimate of drug-likeness (QED) is 0.770. The third-order valence-electron chi connectivity index (χ3n) is 2.79. The topological polar surface area (TPSA) is 50.4 Å². The Morgan fingerprint density at radius 3 is 2.70 bits per heavy atom. The van der Waals surface area contributed by atoms with Gasteiger partial charge in [-0.2, -0.15) is 8.78 Å². The number of halogens is 2. The van der Waals surface area contributed by atoms with Gasteiger partial charge >= 0.3 is 6.61 Å². The number of hydrogen-bond donors (Lipinski definition) is 2. The Hall–Kier alpha value is -1.69. The van der Waals surface area contributed by atoms with Crippen LogP contribution in [-0.4, -0.2) is 25.6 Å². The van der Waals surface area contributed by atoms with E-state index in [9.17, 15) is 13.6 Å². The molecule has 0 bridgehead atoms. The average Bonchev–Trinajstić information content (AvgIpc) is 2.42. The molecule has 2 N–H and O–H groups in total. The maximum absolute atomic E-state index is 12.2. The van der Waals surface area contributed by atoms with Gasteiger partial charge in [0.25, 0.3) is 0 Å². The standard InChI is InChI=1S/C14H20F2N2O2/c1-3-17-8-10(2)13(19)18-9-11-6-4-5-7-12(11)20-14(15)16/h4-7,10,14,17H,3,8-9H2,1-2H3,(H,18,19). The summed E-state index contributed by atoms with van der Waals surface area (Å²) in [6.07, 6.45) is 0. The summed E-state index contributed by atoms with van der Waals surface area (Å²) in [6, 6.07) is 6.42. The zero-order valence-electron chi connectivity index (χ0n) is 11.7. The van der Waals surface area contributed by atoms with Crippen LogP contribution in [0.2, 0.25) is 0 Å². The van der Waals surface area contributed by atoms with Crippen LogP contribution in [0.3, 0.4) is 0 Å². The molecule has 0 spiro atoms. The van der Waals surface area contributed by atoms with Gasteiger partial charge in [0.05, 0.1) is 0 Å². The number of rotatable bonds is 8. The van der Waals surface area contributed by atoms with Crippen molar-refractivity contribution < 1.29 is 18.3 Å². The van der Waals surface area contributed by atoms with Crippen LogP contribution in [0.25, 0.3) is 0 Å². The molecule has 1 rings (SSSR count). The van der Waals surface area contributed by atoms with E-state index in [1.807, 2.05) is 6.92 Å². The van der Waals surface area contributed by atoms with Crippen molar-refractivity contribution in [1.82, 2.24) is 10.6 Å². The fourth-order valence-electron chi connectivity index (χ4n) is 1.67. The van der Waals surface area contributed by atoms with Gasteiger partial charge in [0, 0.05) is 24.6 Å². The van der Waals surface area contributed by atoms with Crippen LogP contribution in [0.4, 0.5) is 8.78 Å². The Bertz CT molecular complexity index is 427. The van der Waals surface area contributed by atoms with E-state index in [1.54, 1.807) is 25.1 Å². The normalized spacial score (nSPS) is 12.2. The SMILES string of the molecule is CCNCC(C)C(=O)NCc1ccccc1OC(F)F. The molecule has 0 aliphatic rings. The molecule has 0 aromatic heterocycles. The molecular weight excluding hydrogens is 266 g/mol. The first-order chi connectivity index (χ1) is 9.54. The summed E-state index contributed by atoms with van der Waals surface area (Å²) in [4.78, 5) is 11.8. The molecule has 0 aliphatic carbocycles. The number of carbonyl (C=O) groups excluding carboxylic acids is 1. The minimum atomic E-state index is -2.88. The van der Waals surface area contributed by atoms with Crippen molar-refractivity contribution in [3.8, 4) is 5.75 Å². The first kappa shape index (κ1) is 16.4. The third-order valence-corrected chi connectivity index (χ3v) is 2.79. The third kappa shape index (κ3) is 5.52. The molecule has 1 aromatic rings. The maximum Gasteiger partial charge on any atom is 0.387 e. The number of para-hydroxylation sites is 1. The molecule has 1 unspecified atom stereocenters. The largest absolute Gasteiger partial charge is 0.434 e. The predicted octanol–water partition coefficient (Wildman–Crippen LogP) is 2.15. The first-order valence-corrected chi connectivity index (χ1v) is 6.55. The number of benzene rings is 1. The van der Waals surface area contributed by atoms with Gasteiger partial charge in [-0.3, -0.25) is 4.79 Å². The lowest BCUT2D eigenvalue weighted by molar-refractivity contribution is -0.124. The predicted molar refractivity (Wildman–Crippen MR) is 72.6 cm³/mol. The highest BCUT2D eigenvalue weighted by Gasteiger charge is 2.13. The fourth-order valence-corrected chi connectivity index (χ4v) is 1.67. The number of hydrogen-bond acceptors (Lipinski definition) is 3. The van der Waals surface area contributed by atoms with Gasteiger partial charge in [-0.05, 0) is 12.6 Å². The second-order valence-corrected chi connectivity index (χ2v) is 4.41. The lowest BCUT2D eigenvalue weighted by Gasteiger charge is -2.14. The number of alkyl halides is 2. The fraction of sp³-hybridized carbons (Fsp3) is 0.500. The van der Waals surface area contributed by atoms with E-state index in [-0.39, 0.29) is 24.1 Å². The Balaban J connectivity index is 2.54. The molecule has 1 amide bonds. The van der Waals surface area contributed by atoms with Crippen LogP contribution in [0.1, 0.15) is 19.4 Å². The monoisotopic (exact) mass is 286 g/mol. The summed E-state index contributed by atoms with van der Waals surface area (Å²) in [6.45, 7) is 2.43. The van der Waals surface area contributed by atoms with E-state index in [2.05, 4.69) is 15.4 Å². The van der Waals surface area contributed by atoms with Crippen LogP contribution < -0.4 is 15.4 Å².